The van der Waals surface area contributed by atoms with Crippen LogP contribution in [0.5, 0.6) is 6.01 Å². The summed E-state index contributed by atoms with van der Waals surface area (Å²) in [6, 6.07) is 19.8. The van der Waals surface area contributed by atoms with E-state index < -0.39 is 42.6 Å². The van der Waals surface area contributed by atoms with Gasteiger partial charge < -0.3 is 35.0 Å². The van der Waals surface area contributed by atoms with Crippen LogP contribution in [-0.4, -0.2) is 98.3 Å². The summed E-state index contributed by atoms with van der Waals surface area (Å²) in [7, 11) is 0. The summed E-state index contributed by atoms with van der Waals surface area (Å²) in [6.45, 7) is 2.45. The number of aliphatic hydroxyl groups excluding tert-OH is 3. The van der Waals surface area contributed by atoms with Gasteiger partial charge in [0.05, 0.1) is 29.7 Å². The van der Waals surface area contributed by atoms with Crippen LogP contribution in [0.4, 0.5) is 0 Å². The fourth-order valence-electron chi connectivity index (χ4n) is 5.43. The zero-order chi connectivity index (χ0) is 31.8. The van der Waals surface area contributed by atoms with Crippen molar-refractivity contribution in [2.45, 2.75) is 44.1 Å². The number of nitrogens with zero attached hydrogens (tertiary/aromatic N) is 6. The Balaban J connectivity index is 1.34. The summed E-state index contributed by atoms with van der Waals surface area (Å²) in [5.74, 6) is -2.47. The number of fused-ring (bicyclic) bond motifs is 1. The van der Waals surface area contributed by atoms with Gasteiger partial charge in [-0.05, 0) is 46.2 Å². The van der Waals surface area contributed by atoms with E-state index in [-0.39, 0.29) is 17.9 Å². The highest BCUT2D eigenvalue weighted by Gasteiger charge is 2.48. The Morgan fingerprint density at radius 2 is 1.64 bits per heavy atom. The third-order valence-electron chi connectivity index (χ3n) is 7.57. The molecule has 3 heterocycles. The molecule has 0 amide bonds. The summed E-state index contributed by atoms with van der Waals surface area (Å²) in [5.41, 5.74) is 3.88. The first-order chi connectivity index (χ1) is 21.7. The molecule has 232 valence electrons. The summed E-state index contributed by atoms with van der Waals surface area (Å²) in [6.07, 6.45) is -8.75. The minimum atomic E-state index is -1.86. The highest BCUT2D eigenvalue weighted by Crippen LogP contribution is 2.35. The van der Waals surface area contributed by atoms with Crippen LogP contribution in [0, 0.1) is 0 Å². The fourth-order valence-corrected chi connectivity index (χ4v) is 5.43. The molecule has 2 aromatic heterocycles. The van der Waals surface area contributed by atoms with Crippen LogP contribution in [-0.2, 0) is 16.1 Å². The number of aliphatic hydroxyl groups is 3. The number of carboxylic acids is 2. The number of aromatic carboxylic acids is 1. The average Bonchev–Trinajstić information content (AvgIpc) is 3.65. The van der Waals surface area contributed by atoms with E-state index in [1.165, 1.54) is 6.07 Å². The van der Waals surface area contributed by atoms with Crippen molar-refractivity contribution in [3.8, 4) is 28.5 Å². The molecule has 3 aromatic carbocycles. The Kier molecular flexibility index (Phi) is 7.99. The molecule has 1 fully saturated rings. The van der Waals surface area contributed by atoms with E-state index >= 15 is 0 Å². The van der Waals surface area contributed by atoms with Crippen LogP contribution in [0.15, 0.2) is 66.7 Å². The maximum Gasteiger partial charge on any atom is 0.337 e. The number of carbonyl (C=O) groups is 2. The number of carboxylic acid groups (broad SMARTS) is 2. The number of tetrazole rings is 1. The summed E-state index contributed by atoms with van der Waals surface area (Å²) in [5, 5.41) is 62.0. The van der Waals surface area contributed by atoms with Gasteiger partial charge in [0.25, 0.3) is 6.01 Å². The van der Waals surface area contributed by atoms with Gasteiger partial charge in [-0.25, -0.2) is 9.59 Å². The summed E-state index contributed by atoms with van der Waals surface area (Å²) >= 11 is 0. The van der Waals surface area contributed by atoms with E-state index in [4.69, 9.17) is 9.47 Å². The van der Waals surface area contributed by atoms with Crippen molar-refractivity contribution in [3.63, 3.8) is 0 Å². The van der Waals surface area contributed by atoms with Gasteiger partial charge in [-0.1, -0.05) is 54.6 Å². The maximum absolute atomic E-state index is 12.0. The molecular formula is C30H28N6O9. The van der Waals surface area contributed by atoms with Crippen molar-refractivity contribution >= 4 is 23.0 Å². The minimum absolute atomic E-state index is 0.109. The molecule has 5 N–H and O–H groups in total. The quantitative estimate of drug-likeness (QED) is 0.159. The van der Waals surface area contributed by atoms with Crippen LogP contribution in [0.1, 0.15) is 29.1 Å². The number of benzene rings is 3. The highest BCUT2D eigenvalue weighted by atomic mass is 16.6. The highest BCUT2D eigenvalue weighted by molar-refractivity contribution is 6.01. The molecule has 45 heavy (non-hydrogen) atoms. The van der Waals surface area contributed by atoms with E-state index in [1.54, 1.807) is 28.8 Å². The van der Waals surface area contributed by atoms with E-state index in [9.17, 15) is 35.1 Å². The molecule has 0 bridgehead atoms. The predicted octanol–water partition coefficient (Wildman–Crippen LogP) is 1.57. The molecular weight excluding hydrogens is 588 g/mol. The molecule has 0 unspecified atom stereocenters. The van der Waals surface area contributed by atoms with Crippen molar-refractivity contribution in [1.29, 1.82) is 0 Å². The van der Waals surface area contributed by atoms with Crippen molar-refractivity contribution < 1.29 is 44.6 Å². The largest absolute Gasteiger partial charge is 0.479 e. The number of para-hydroxylation sites is 1. The topological polar surface area (TPSA) is 215 Å². The van der Waals surface area contributed by atoms with E-state index in [0.29, 0.717) is 34.8 Å². The average molecular weight is 617 g/mol. The lowest BCUT2D eigenvalue weighted by atomic mass is 9.96. The predicted molar refractivity (Wildman–Crippen MR) is 155 cm³/mol. The van der Waals surface area contributed by atoms with Gasteiger partial charge in [0.2, 0.25) is 0 Å². The molecule has 6 rings (SSSR count). The second kappa shape index (κ2) is 12.0. The molecule has 5 atom stereocenters. The third kappa shape index (κ3) is 5.38. The number of aromatic nitrogens is 6. The van der Waals surface area contributed by atoms with Crippen molar-refractivity contribution in [2.75, 3.05) is 6.61 Å². The molecule has 15 nitrogen and oxygen atoms in total. The summed E-state index contributed by atoms with van der Waals surface area (Å²) in [4.78, 5) is 28.1. The third-order valence-corrected chi connectivity index (χ3v) is 7.57. The van der Waals surface area contributed by atoms with Crippen LogP contribution in [0.25, 0.3) is 33.5 Å². The van der Waals surface area contributed by atoms with Gasteiger partial charge in [0, 0.05) is 5.56 Å². The van der Waals surface area contributed by atoms with Gasteiger partial charge in [0.15, 0.2) is 18.2 Å². The number of ether oxygens (including phenoxy) is 2. The van der Waals surface area contributed by atoms with Crippen LogP contribution in [0.2, 0.25) is 0 Å². The zero-order valence-electron chi connectivity index (χ0n) is 23.7. The first-order valence-electron chi connectivity index (χ1n) is 13.9. The van der Waals surface area contributed by atoms with E-state index in [0.717, 1.165) is 15.8 Å². The molecule has 0 radical (unpaired) electrons. The summed E-state index contributed by atoms with van der Waals surface area (Å²) < 4.78 is 14.0. The Labute approximate surface area is 254 Å². The van der Waals surface area contributed by atoms with E-state index in [2.05, 4.69) is 20.5 Å². The standard InChI is InChI=1S/C30H28N6O9/c1-2-44-30-31-20-9-5-8-19(28(40)41)21(20)35(30)14-15-10-12-16(13-11-15)17-6-3-4-7-18(17)26-32-33-34-36(26)27-24(39)22(37)23(38)25(45-27)29(42)43/h3-13,22-25,27,37-39H,2,14H2,1H3,(H,40,41)(H,42,43)/t22-,23+,24-,25-,27-/m0/s1. The van der Waals surface area contributed by atoms with Crippen molar-refractivity contribution in [2.24, 2.45) is 0 Å². The Bertz CT molecular complexity index is 1870. The lowest BCUT2D eigenvalue weighted by Crippen LogP contribution is -2.58. The molecule has 0 saturated carbocycles. The van der Waals surface area contributed by atoms with Crippen molar-refractivity contribution in [3.05, 3.63) is 77.9 Å². The Morgan fingerprint density at radius 1 is 0.911 bits per heavy atom. The fraction of sp³-hybridized carbons (Fsp3) is 0.267. The number of hydrogen-bond donors (Lipinski definition) is 5. The molecule has 1 saturated heterocycles. The maximum atomic E-state index is 12.0. The first-order valence-corrected chi connectivity index (χ1v) is 13.9. The first kappa shape index (κ1) is 29.8. The van der Waals surface area contributed by atoms with Crippen molar-refractivity contribution in [1.82, 2.24) is 29.8 Å². The molecule has 15 heteroatoms. The smallest absolute Gasteiger partial charge is 0.337 e. The monoisotopic (exact) mass is 616 g/mol. The molecule has 0 aliphatic carbocycles. The van der Waals surface area contributed by atoms with E-state index in [1.807, 2.05) is 43.3 Å². The van der Waals surface area contributed by atoms with Crippen LogP contribution in [0.3, 0.4) is 0 Å². The van der Waals surface area contributed by atoms with Gasteiger partial charge in [-0.2, -0.15) is 9.67 Å². The number of imidazole rings is 1. The second-order valence-corrected chi connectivity index (χ2v) is 10.3. The van der Waals surface area contributed by atoms with Crippen LogP contribution < -0.4 is 4.74 Å². The molecule has 5 aromatic rings. The lowest BCUT2D eigenvalue weighted by molar-refractivity contribution is -0.249. The van der Waals surface area contributed by atoms with Gasteiger partial charge in [-0.3, -0.25) is 4.57 Å². The normalized spacial score (nSPS) is 21.6. The SMILES string of the molecule is CCOc1nc2cccc(C(=O)O)c2n1Cc1ccc(-c2ccccc2-c2nnnn2[C@H]2O[C@H](C(=O)O)[C@H](O)[C@H](O)[C@@H]2O)cc1. The Hall–Kier alpha value is -5.22. The minimum Gasteiger partial charge on any atom is -0.479 e. The molecule has 1 aliphatic rings. The van der Waals surface area contributed by atoms with Gasteiger partial charge in [0.1, 0.15) is 18.3 Å². The second-order valence-electron chi connectivity index (χ2n) is 10.3. The zero-order valence-corrected chi connectivity index (χ0v) is 23.7. The molecule has 1 aliphatic heterocycles. The lowest BCUT2D eigenvalue weighted by Gasteiger charge is -2.38. The van der Waals surface area contributed by atoms with Gasteiger partial charge in [-0.15, -0.1) is 5.10 Å². The number of aliphatic carboxylic acids is 1. The number of hydrogen-bond acceptors (Lipinski definition) is 11. The van der Waals surface area contributed by atoms with Crippen LogP contribution >= 0.6 is 0 Å². The molecule has 0 spiro atoms. The number of rotatable bonds is 9. The van der Waals surface area contributed by atoms with Gasteiger partial charge >= 0.3 is 11.9 Å². The Morgan fingerprint density at radius 3 is 2.33 bits per heavy atom.